The Morgan fingerprint density at radius 2 is 2.00 bits per heavy atom. The summed E-state index contributed by atoms with van der Waals surface area (Å²) < 4.78 is 25.6. The number of hydrogen-bond acceptors (Lipinski definition) is 3. The Hall–Kier alpha value is -1.33. The van der Waals surface area contributed by atoms with Gasteiger partial charge in [0.1, 0.15) is 0 Å². The fourth-order valence-corrected chi connectivity index (χ4v) is 2.96. The van der Waals surface area contributed by atoms with Crippen molar-refractivity contribution in [2.75, 3.05) is 5.75 Å². The van der Waals surface area contributed by atoms with Crippen molar-refractivity contribution >= 4 is 20.7 Å². The van der Waals surface area contributed by atoms with Crippen molar-refractivity contribution in [3.63, 3.8) is 0 Å². The molecule has 5 heteroatoms. The normalized spacial score (nSPS) is 12.4. The number of nitrogens with two attached hydrogens (primary N) is 1. The highest BCUT2D eigenvalue weighted by Gasteiger charge is 2.16. The molecule has 1 aromatic carbocycles. The SMILES string of the molecule is CC(C)S(=O)(=O)CCn1ccc2cc(CN)ccc21. The maximum atomic E-state index is 11.8. The fraction of sp³-hybridized carbons (Fsp3) is 0.429. The molecular formula is C14H20N2O2S. The van der Waals surface area contributed by atoms with E-state index in [2.05, 4.69) is 0 Å². The third kappa shape index (κ3) is 2.98. The highest BCUT2D eigenvalue weighted by Crippen LogP contribution is 2.18. The van der Waals surface area contributed by atoms with E-state index in [-0.39, 0.29) is 11.0 Å². The standard InChI is InChI=1S/C14H20N2O2S/c1-11(2)19(17,18)8-7-16-6-5-13-9-12(10-15)3-4-14(13)16/h3-6,9,11H,7-8,10,15H2,1-2H3. The molecule has 4 nitrogen and oxygen atoms in total. The van der Waals surface area contributed by atoms with Crippen molar-refractivity contribution in [3.8, 4) is 0 Å². The van der Waals surface area contributed by atoms with Crippen LogP contribution in [-0.2, 0) is 22.9 Å². The molecule has 1 aromatic heterocycles. The van der Waals surface area contributed by atoms with Gasteiger partial charge in [-0.25, -0.2) is 8.42 Å². The second-order valence-electron chi connectivity index (χ2n) is 5.02. The molecule has 0 unspecified atom stereocenters. The Labute approximate surface area is 114 Å². The van der Waals surface area contributed by atoms with Gasteiger partial charge in [-0.3, -0.25) is 0 Å². The van der Waals surface area contributed by atoms with Crippen molar-refractivity contribution in [2.45, 2.75) is 32.2 Å². The highest BCUT2D eigenvalue weighted by molar-refractivity contribution is 7.91. The predicted octanol–water partition coefficient (Wildman–Crippen LogP) is 1.92. The number of aryl methyl sites for hydroxylation is 1. The summed E-state index contributed by atoms with van der Waals surface area (Å²) in [4.78, 5) is 0. The third-order valence-corrected chi connectivity index (χ3v) is 5.59. The lowest BCUT2D eigenvalue weighted by Gasteiger charge is -2.09. The summed E-state index contributed by atoms with van der Waals surface area (Å²) in [5.41, 5.74) is 7.75. The average molecular weight is 280 g/mol. The summed E-state index contributed by atoms with van der Waals surface area (Å²) in [6.45, 7) is 4.45. The maximum absolute atomic E-state index is 11.8. The molecule has 1 heterocycles. The molecule has 104 valence electrons. The molecule has 2 aromatic rings. The molecule has 0 aliphatic rings. The van der Waals surface area contributed by atoms with Gasteiger partial charge in [-0.2, -0.15) is 0 Å². The predicted molar refractivity (Wildman–Crippen MR) is 78.8 cm³/mol. The lowest BCUT2D eigenvalue weighted by atomic mass is 10.1. The number of aromatic nitrogens is 1. The van der Waals surface area contributed by atoms with Crippen LogP contribution in [0.25, 0.3) is 10.9 Å². The summed E-state index contributed by atoms with van der Waals surface area (Å²) in [6.07, 6.45) is 1.93. The van der Waals surface area contributed by atoms with E-state index in [1.54, 1.807) is 13.8 Å². The zero-order valence-corrected chi connectivity index (χ0v) is 12.2. The summed E-state index contributed by atoms with van der Waals surface area (Å²) in [7, 11) is -3.00. The number of rotatable bonds is 5. The molecule has 2 N–H and O–H groups in total. The number of sulfone groups is 1. The van der Waals surface area contributed by atoms with Gasteiger partial charge >= 0.3 is 0 Å². The Bertz CT molecular complexity index is 672. The van der Waals surface area contributed by atoms with Crippen molar-refractivity contribution in [3.05, 3.63) is 36.0 Å². The maximum Gasteiger partial charge on any atom is 0.154 e. The van der Waals surface area contributed by atoms with E-state index in [0.29, 0.717) is 13.1 Å². The molecule has 0 amide bonds. The average Bonchev–Trinajstić information content (AvgIpc) is 2.78. The highest BCUT2D eigenvalue weighted by atomic mass is 32.2. The van der Waals surface area contributed by atoms with Crippen LogP contribution in [0.15, 0.2) is 30.5 Å². The second-order valence-corrected chi connectivity index (χ2v) is 7.70. The fourth-order valence-electron chi connectivity index (χ4n) is 2.03. The van der Waals surface area contributed by atoms with Crippen LogP contribution in [0.3, 0.4) is 0 Å². The first-order valence-corrected chi connectivity index (χ1v) is 8.15. The van der Waals surface area contributed by atoms with Crippen LogP contribution in [0.1, 0.15) is 19.4 Å². The van der Waals surface area contributed by atoms with Crippen LogP contribution in [0.5, 0.6) is 0 Å². The van der Waals surface area contributed by atoms with Gasteiger partial charge in [0.25, 0.3) is 0 Å². The van der Waals surface area contributed by atoms with Gasteiger partial charge in [0.2, 0.25) is 0 Å². The molecule has 0 saturated carbocycles. The van der Waals surface area contributed by atoms with E-state index in [1.165, 1.54) is 0 Å². The van der Waals surface area contributed by atoms with Crippen molar-refractivity contribution in [1.29, 1.82) is 0 Å². The minimum atomic E-state index is -3.00. The van der Waals surface area contributed by atoms with Gasteiger partial charge in [-0.1, -0.05) is 6.07 Å². The van der Waals surface area contributed by atoms with E-state index < -0.39 is 9.84 Å². The van der Waals surface area contributed by atoms with E-state index in [1.807, 2.05) is 35.0 Å². The Balaban J connectivity index is 2.23. The first kappa shape index (κ1) is 14.1. The summed E-state index contributed by atoms with van der Waals surface area (Å²) in [5.74, 6) is 0.174. The molecule has 0 fully saturated rings. The molecule has 0 saturated heterocycles. The van der Waals surface area contributed by atoms with Crippen LogP contribution in [0.2, 0.25) is 0 Å². The molecule has 0 aliphatic carbocycles. The zero-order valence-electron chi connectivity index (χ0n) is 11.3. The smallest absolute Gasteiger partial charge is 0.154 e. The van der Waals surface area contributed by atoms with Crippen LogP contribution >= 0.6 is 0 Å². The van der Waals surface area contributed by atoms with Crippen molar-refractivity contribution < 1.29 is 8.42 Å². The minimum absolute atomic E-state index is 0.174. The largest absolute Gasteiger partial charge is 0.346 e. The third-order valence-electron chi connectivity index (χ3n) is 3.41. The molecule has 0 aliphatic heterocycles. The molecule has 19 heavy (non-hydrogen) atoms. The number of benzene rings is 1. The second kappa shape index (κ2) is 5.35. The number of fused-ring (bicyclic) bond motifs is 1. The van der Waals surface area contributed by atoms with Gasteiger partial charge in [-0.05, 0) is 43.0 Å². The van der Waals surface area contributed by atoms with Crippen molar-refractivity contribution in [2.24, 2.45) is 5.73 Å². The Morgan fingerprint density at radius 3 is 2.63 bits per heavy atom. The van der Waals surface area contributed by atoms with Crippen LogP contribution < -0.4 is 5.73 Å². The van der Waals surface area contributed by atoms with Gasteiger partial charge in [0, 0.05) is 24.8 Å². The lowest BCUT2D eigenvalue weighted by molar-refractivity contribution is 0.581. The van der Waals surface area contributed by atoms with Gasteiger partial charge in [-0.15, -0.1) is 0 Å². The summed E-state index contributed by atoms with van der Waals surface area (Å²) in [6, 6.07) is 8.02. The van der Waals surface area contributed by atoms with Gasteiger partial charge in [0.15, 0.2) is 9.84 Å². The molecule has 0 radical (unpaired) electrons. The van der Waals surface area contributed by atoms with Crippen LogP contribution in [-0.4, -0.2) is 24.0 Å². The van der Waals surface area contributed by atoms with E-state index in [0.717, 1.165) is 16.5 Å². The number of nitrogens with zero attached hydrogens (tertiary/aromatic N) is 1. The van der Waals surface area contributed by atoms with Crippen LogP contribution in [0, 0.1) is 0 Å². The molecule has 2 rings (SSSR count). The van der Waals surface area contributed by atoms with E-state index in [4.69, 9.17) is 5.73 Å². The quantitative estimate of drug-likeness (QED) is 0.910. The topological polar surface area (TPSA) is 65.1 Å². The van der Waals surface area contributed by atoms with Crippen molar-refractivity contribution in [1.82, 2.24) is 4.57 Å². The van der Waals surface area contributed by atoms with Gasteiger partial charge in [0.05, 0.1) is 11.0 Å². The summed E-state index contributed by atoms with van der Waals surface area (Å²) >= 11 is 0. The first-order chi connectivity index (χ1) is 8.94. The van der Waals surface area contributed by atoms with Gasteiger partial charge < -0.3 is 10.3 Å². The monoisotopic (exact) mass is 280 g/mol. The summed E-state index contributed by atoms with van der Waals surface area (Å²) in [5, 5.41) is 0.781. The molecule has 0 spiro atoms. The Morgan fingerprint density at radius 1 is 1.26 bits per heavy atom. The zero-order chi connectivity index (χ0) is 14.0. The molecule has 0 atom stereocenters. The first-order valence-electron chi connectivity index (χ1n) is 6.43. The van der Waals surface area contributed by atoms with Crippen LogP contribution in [0.4, 0.5) is 0 Å². The minimum Gasteiger partial charge on any atom is -0.346 e. The van der Waals surface area contributed by atoms with E-state index >= 15 is 0 Å². The number of hydrogen-bond donors (Lipinski definition) is 1. The Kier molecular flexibility index (Phi) is 3.96. The molecular weight excluding hydrogens is 260 g/mol. The lowest BCUT2D eigenvalue weighted by Crippen LogP contribution is -2.20. The molecule has 0 bridgehead atoms. The van der Waals surface area contributed by atoms with E-state index in [9.17, 15) is 8.42 Å².